The number of aliphatic hydroxyl groups is 1. The molecule has 0 aliphatic heterocycles. The van der Waals surface area contributed by atoms with Crippen LogP contribution in [0.1, 0.15) is 74.7 Å². The molecule has 194 valence electrons. The molecule has 0 aromatic carbocycles. The van der Waals surface area contributed by atoms with E-state index in [1.165, 1.54) is 0 Å². The minimum absolute atomic E-state index is 0.0110. The van der Waals surface area contributed by atoms with Crippen molar-refractivity contribution in [1.82, 2.24) is 9.80 Å². The van der Waals surface area contributed by atoms with Gasteiger partial charge in [-0.1, -0.05) is 55.4 Å². The molecule has 0 aromatic rings. The van der Waals surface area contributed by atoms with E-state index in [9.17, 15) is 14.7 Å². The number of rotatable bonds is 14. The Morgan fingerprint density at radius 3 is 1.24 bits per heavy atom. The van der Waals surface area contributed by atoms with Crippen molar-refractivity contribution >= 4 is 11.8 Å². The van der Waals surface area contributed by atoms with Crippen molar-refractivity contribution in [2.45, 2.75) is 93.0 Å². The first-order valence-corrected chi connectivity index (χ1v) is 12.8. The molecule has 0 bridgehead atoms. The molecule has 3 atom stereocenters. The number of nitrogens with zero attached hydrogens (tertiary/aromatic N) is 2. The summed E-state index contributed by atoms with van der Waals surface area (Å²) >= 11 is 0. The molecular weight excluding hydrogens is 420 g/mol. The molecule has 0 radical (unpaired) electrons. The fourth-order valence-electron chi connectivity index (χ4n) is 4.34. The number of aliphatic hydroxyl groups excluding tert-OH is 1. The van der Waals surface area contributed by atoms with Gasteiger partial charge in [0.1, 0.15) is 13.2 Å². The summed E-state index contributed by atoms with van der Waals surface area (Å²) in [7, 11) is 0. The van der Waals surface area contributed by atoms with Gasteiger partial charge in [0.05, 0.1) is 18.3 Å². The van der Waals surface area contributed by atoms with E-state index in [0.717, 1.165) is 0 Å². The van der Waals surface area contributed by atoms with Gasteiger partial charge in [0.25, 0.3) is 0 Å². The standard InChI is InChI=1S/C26H50N2O5/c1-18(2)12-27(13-19(3)4)25(30)16-32-23-9-22(29)10-24(11-23)33-17-26(31)28(14-20(5)6)15-21(7)8/h18-24,29H,9-17H2,1-8H3/t22?,23-,24+. The van der Waals surface area contributed by atoms with Crippen LogP contribution < -0.4 is 0 Å². The SMILES string of the molecule is CC(C)CN(CC(C)C)C(=O)CO[C@@H]1CC(O)C[C@H](OCC(=O)N(CC(C)C)CC(C)C)C1. The van der Waals surface area contributed by atoms with Crippen LogP contribution in [-0.4, -0.2) is 84.4 Å². The van der Waals surface area contributed by atoms with Crippen LogP contribution in [0.4, 0.5) is 0 Å². The predicted octanol–water partition coefficient (Wildman–Crippen LogP) is 3.58. The molecule has 0 heterocycles. The van der Waals surface area contributed by atoms with Gasteiger partial charge in [0.2, 0.25) is 11.8 Å². The maximum Gasteiger partial charge on any atom is 0.248 e. The molecule has 1 fully saturated rings. The van der Waals surface area contributed by atoms with Gasteiger partial charge in [-0.05, 0) is 42.9 Å². The Balaban J connectivity index is 2.58. The van der Waals surface area contributed by atoms with E-state index in [0.29, 0.717) is 69.1 Å². The van der Waals surface area contributed by atoms with E-state index in [-0.39, 0.29) is 37.2 Å². The first-order chi connectivity index (χ1) is 15.4. The normalized spacial score (nSPS) is 21.3. The Hall–Kier alpha value is -1.18. The Morgan fingerprint density at radius 1 is 0.667 bits per heavy atom. The maximum absolute atomic E-state index is 12.7. The van der Waals surface area contributed by atoms with Crippen molar-refractivity contribution < 1.29 is 24.2 Å². The van der Waals surface area contributed by atoms with E-state index >= 15 is 0 Å². The van der Waals surface area contributed by atoms with Crippen molar-refractivity contribution in [2.75, 3.05) is 39.4 Å². The zero-order valence-corrected chi connectivity index (χ0v) is 22.4. The van der Waals surface area contributed by atoms with Crippen LogP contribution >= 0.6 is 0 Å². The van der Waals surface area contributed by atoms with E-state index in [4.69, 9.17) is 9.47 Å². The molecule has 1 aliphatic rings. The quantitative estimate of drug-likeness (QED) is 0.420. The molecule has 2 amide bonds. The number of amides is 2. The van der Waals surface area contributed by atoms with Gasteiger partial charge in [-0.3, -0.25) is 9.59 Å². The highest BCUT2D eigenvalue weighted by Crippen LogP contribution is 2.24. The third kappa shape index (κ3) is 12.7. The first-order valence-electron chi connectivity index (χ1n) is 12.8. The number of carbonyl (C=O) groups excluding carboxylic acids is 2. The minimum Gasteiger partial charge on any atom is -0.393 e. The Kier molecular flexibility index (Phi) is 13.5. The molecule has 1 N–H and O–H groups in total. The van der Waals surface area contributed by atoms with Crippen molar-refractivity contribution in [3.8, 4) is 0 Å². The zero-order chi connectivity index (χ0) is 25.1. The van der Waals surface area contributed by atoms with E-state index in [2.05, 4.69) is 55.4 Å². The number of hydrogen-bond donors (Lipinski definition) is 1. The Labute approximate surface area is 202 Å². The zero-order valence-electron chi connectivity index (χ0n) is 22.4. The highest BCUT2D eigenvalue weighted by molar-refractivity contribution is 5.77. The van der Waals surface area contributed by atoms with E-state index < -0.39 is 6.10 Å². The molecule has 1 saturated carbocycles. The third-order valence-electron chi connectivity index (χ3n) is 5.53. The summed E-state index contributed by atoms with van der Waals surface area (Å²) in [5.41, 5.74) is 0. The summed E-state index contributed by atoms with van der Waals surface area (Å²) in [5.74, 6) is 1.55. The van der Waals surface area contributed by atoms with Crippen LogP contribution in [0.5, 0.6) is 0 Å². The largest absolute Gasteiger partial charge is 0.393 e. The fraction of sp³-hybridized carbons (Fsp3) is 0.923. The average molecular weight is 471 g/mol. The molecule has 33 heavy (non-hydrogen) atoms. The molecular formula is C26H50N2O5. The van der Waals surface area contributed by atoms with Gasteiger partial charge in [-0.15, -0.1) is 0 Å². The second kappa shape index (κ2) is 14.9. The molecule has 7 heteroatoms. The first kappa shape index (κ1) is 29.9. The molecule has 1 unspecified atom stereocenters. The molecule has 7 nitrogen and oxygen atoms in total. The second-order valence-corrected chi connectivity index (χ2v) is 11.4. The number of hydrogen-bond acceptors (Lipinski definition) is 5. The lowest BCUT2D eigenvalue weighted by Gasteiger charge is -2.34. The van der Waals surface area contributed by atoms with Crippen LogP contribution in [-0.2, 0) is 19.1 Å². The highest BCUT2D eigenvalue weighted by Gasteiger charge is 2.31. The summed E-state index contributed by atoms with van der Waals surface area (Å²) in [6, 6.07) is 0. The topological polar surface area (TPSA) is 79.3 Å². The van der Waals surface area contributed by atoms with Crippen molar-refractivity contribution in [3.05, 3.63) is 0 Å². The highest BCUT2D eigenvalue weighted by atomic mass is 16.5. The second-order valence-electron chi connectivity index (χ2n) is 11.4. The molecule has 0 aromatic heterocycles. The Bertz CT molecular complexity index is 511. The smallest absolute Gasteiger partial charge is 0.248 e. The van der Waals surface area contributed by atoms with Crippen molar-refractivity contribution in [2.24, 2.45) is 23.7 Å². The van der Waals surface area contributed by atoms with Crippen LogP contribution in [0.2, 0.25) is 0 Å². The van der Waals surface area contributed by atoms with Gasteiger partial charge < -0.3 is 24.4 Å². The van der Waals surface area contributed by atoms with E-state index in [1.807, 2.05) is 9.80 Å². The van der Waals surface area contributed by atoms with Gasteiger partial charge in [0.15, 0.2) is 0 Å². The van der Waals surface area contributed by atoms with Crippen LogP contribution in [0, 0.1) is 23.7 Å². The van der Waals surface area contributed by atoms with Crippen LogP contribution in [0.3, 0.4) is 0 Å². The van der Waals surface area contributed by atoms with Gasteiger partial charge >= 0.3 is 0 Å². The summed E-state index contributed by atoms with van der Waals surface area (Å²) < 4.78 is 11.8. The van der Waals surface area contributed by atoms with Crippen LogP contribution in [0.15, 0.2) is 0 Å². The Morgan fingerprint density at radius 2 is 0.970 bits per heavy atom. The minimum atomic E-state index is -0.552. The summed E-state index contributed by atoms with van der Waals surface area (Å²) in [6.45, 7) is 19.7. The van der Waals surface area contributed by atoms with Gasteiger partial charge in [-0.25, -0.2) is 0 Å². The van der Waals surface area contributed by atoms with Crippen LogP contribution in [0.25, 0.3) is 0 Å². The predicted molar refractivity (Wildman–Crippen MR) is 132 cm³/mol. The fourth-order valence-corrected chi connectivity index (χ4v) is 4.34. The van der Waals surface area contributed by atoms with E-state index in [1.54, 1.807) is 0 Å². The van der Waals surface area contributed by atoms with Gasteiger partial charge in [0, 0.05) is 26.2 Å². The number of ether oxygens (including phenoxy) is 2. The van der Waals surface area contributed by atoms with Gasteiger partial charge in [-0.2, -0.15) is 0 Å². The lowest BCUT2D eigenvalue weighted by atomic mass is 9.92. The summed E-state index contributed by atoms with van der Waals surface area (Å²) in [6.07, 6.45) is 0.509. The average Bonchev–Trinajstić information content (AvgIpc) is 2.67. The third-order valence-corrected chi connectivity index (χ3v) is 5.53. The maximum atomic E-state index is 12.7. The molecule has 1 rings (SSSR count). The molecule has 1 aliphatic carbocycles. The summed E-state index contributed by atoms with van der Waals surface area (Å²) in [5, 5.41) is 10.3. The monoisotopic (exact) mass is 470 g/mol. The lowest BCUT2D eigenvalue weighted by Crippen LogP contribution is -2.43. The summed E-state index contributed by atoms with van der Waals surface area (Å²) in [4.78, 5) is 29.2. The lowest BCUT2D eigenvalue weighted by molar-refractivity contribution is -0.147. The molecule has 0 spiro atoms. The van der Waals surface area contributed by atoms with Crippen molar-refractivity contribution in [1.29, 1.82) is 0 Å². The number of carbonyl (C=O) groups is 2. The molecule has 0 saturated heterocycles. The van der Waals surface area contributed by atoms with Crippen molar-refractivity contribution in [3.63, 3.8) is 0 Å².